The third-order valence-electron chi connectivity index (χ3n) is 0.962. The van der Waals surface area contributed by atoms with Crippen LogP contribution in [0.4, 0.5) is 0 Å². The smallest absolute Gasteiger partial charge is 0.0582 e. The minimum Gasteiger partial charge on any atom is -0.822 e. The maximum Gasteiger partial charge on any atom is 0.0582 e. The number of carbonyl (C=O) groups is 2. The molecular weight excluding hydrogens is 233 g/mol. The van der Waals surface area contributed by atoms with Crippen LogP contribution in [0.2, 0.25) is 0 Å². The van der Waals surface area contributed by atoms with E-state index in [0.717, 1.165) is 0 Å². The molecule has 0 aliphatic rings. The molecule has 0 aliphatic heterocycles. The number of nitrogens with two attached hydrogens (primary N) is 1. The van der Waals surface area contributed by atoms with Gasteiger partial charge < -0.3 is 44.8 Å². The third-order valence-corrected chi connectivity index (χ3v) is 0.962. The summed E-state index contributed by atoms with van der Waals surface area (Å²) in [6.45, 7) is 0. The summed E-state index contributed by atoms with van der Waals surface area (Å²) in [7, 11) is -5.39. The highest BCUT2D eigenvalue weighted by molar-refractivity contribution is 7.40. The standard InChI is InChI=1S/C5H9NO4.H3O4P/c6-3(5(9)10)1-2-4(7)8;1-5(2,3)4/h3H,1-2,6H2,(H,7,8)(H,9,10);(H3,1,2,3,4)/p-5. The molecule has 0 aliphatic carbocycles. The van der Waals surface area contributed by atoms with Crippen LogP contribution in [0.1, 0.15) is 12.8 Å². The second-order valence-electron chi connectivity index (χ2n) is 2.28. The van der Waals surface area contributed by atoms with Crippen LogP contribution >= 0.6 is 7.82 Å². The fourth-order valence-corrected chi connectivity index (χ4v) is 0.391. The minimum atomic E-state index is -5.39. The van der Waals surface area contributed by atoms with Crippen molar-refractivity contribution in [3.05, 3.63) is 0 Å². The Morgan fingerprint density at radius 2 is 1.53 bits per heavy atom. The van der Waals surface area contributed by atoms with E-state index >= 15 is 0 Å². The molecule has 0 amide bonds. The van der Waals surface area contributed by atoms with Crippen molar-refractivity contribution in [1.29, 1.82) is 0 Å². The van der Waals surface area contributed by atoms with E-state index in [0.29, 0.717) is 0 Å². The zero-order chi connectivity index (χ0) is 12.6. The van der Waals surface area contributed by atoms with Crippen LogP contribution in [0, 0.1) is 0 Å². The minimum absolute atomic E-state index is 0.148. The largest absolute Gasteiger partial charge is 0.822 e. The Hall–Kier alpha value is -0.990. The van der Waals surface area contributed by atoms with Crippen LogP contribution in [0.5, 0.6) is 0 Å². The second kappa shape index (κ2) is 7.32. The summed E-state index contributed by atoms with van der Waals surface area (Å²) in [6.07, 6.45) is -0.500. The number of carboxylic acids is 2. The summed E-state index contributed by atoms with van der Waals surface area (Å²) in [5.41, 5.74) is 4.91. The number of carboxylic acid groups (broad SMARTS) is 2. The zero-order valence-corrected chi connectivity index (χ0v) is 8.18. The highest BCUT2D eigenvalue weighted by Crippen LogP contribution is 2.03. The summed E-state index contributed by atoms with van der Waals surface area (Å²) in [5.74, 6) is -2.75. The lowest BCUT2D eigenvalue weighted by atomic mass is 10.2. The summed E-state index contributed by atoms with van der Waals surface area (Å²) in [6, 6.07) is -1.21. The Bertz CT molecular complexity index is 251. The highest BCUT2D eigenvalue weighted by Gasteiger charge is 2.01. The van der Waals surface area contributed by atoms with Gasteiger partial charge in [0.2, 0.25) is 0 Å². The number of phosphoric acid groups is 1. The van der Waals surface area contributed by atoms with Crippen molar-refractivity contribution in [2.24, 2.45) is 5.73 Å². The molecule has 0 aromatic rings. The molecule has 0 radical (unpaired) electrons. The lowest BCUT2D eigenvalue weighted by Gasteiger charge is -2.36. The molecule has 1 unspecified atom stereocenters. The van der Waals surface area contributed by atoms with Gasteiger partial charge in [0, 0.05) is 12.0 Å². The quantitative estimate of drug-likeness (QED) is 0.465. The Labute approximate surface area is 84.4 Å². The summed E-state index contributed by atoms with van der Waals surface area (Å²) < 4.78 is 8.55. The number of carbonyl (C=O) groups excluding carboxylic acids is 2. The molecule has 0 spiro atoms. The molecular formula is C5H7NO8P-5. The van der Waals surface area contributed by atoms with Gasteiger partial charge in [-0.25, -0.2) is 0 Å². The van der Waals surface area contributed by atoms with Gasteiger partial charge in [0.1, 0.15) is 0 Å². The van der Waals surface area contributed by atoms with Crippen molar-refractivity contribution in [3.63, 3.8) is 0 Å². The normalized spacial score (nSPS) is 12.3. The van der Waals surface area contributed by atoms with Gasteiger partial charge in [-0.15, -0.1) is 0 Å². The van der Waals surface area contributed by atoms with E-state index < -0.39 is 25.8 Å². The van der Waals surface area contributed by atoms with E-state index in [1.807, 2.05) is 0 Å². The van der Waals surface area contributed by atoms with E-state index in [1.54, 1.807) is 0 Å². The van der Waals surface area contributed by atoms with Crippen molar-refractivity contribution in [2.45, 2.75) is 18.9 Å². The highest BCUT2D eigenvalue weighted by atomic mass is 31.2. The van der Waals surface area contributed by atoms with Crippen LogP contribution in [-0.2, 0) is 14.2 Å². The van der Waals surface area contributed by atoms with Crippen molar-refractivity contribution < 1.29 is 39.0 Å². The molecule has 0 aromatic heterocycles. The molecule has 0 saturated carbocycles. The van der Waals surface area contributed by atoms with Crippen LogP contribution < -0.4 is 30.6 Å². The Morgan fingerprint density at radius 1 is 1.20 bits per heavy atom. The molecule has 0 aromatic carbocycles. The molecule has 0 rings (SSSR count). The molecule has 2 N–H and O–H groups in total. The van der Waals surface area contributed by atoms with Gasteiger partial charge in [-0.05, 0) is 12.8 Å². The average molecular weight is 240 g/mol. The molecule has 0 fully saturated rings. The van der Waals surface area contributed by atoms with E-state index in [9.17, 15) is 19.8 Å². The molecule has 1 atom stereocenters. The topological polar surface area (TPSA) is 193 Å². The zero-order valence-electron chi connectivity index (χ0n) is 7.28. The Kier molecular flexibility index (Phi) is 8.02. The van der Waals surface area contributed by atoms with Crippen LogP contribution in [0.15, 0.2) is 0 Å². The van der Waals surface area contributed by atoms with Gasteiger partial charge in [-0.2, -0.15) is 7.82 Å². The molecule has 90 valence electrons. The summed E-state index contributed by atoms with van der Waals surface area (Å²) in [5, 5.41) is 19.6. The molecule has 10 heteroatoms. The monoisotopic (exact) mass is 240 g/mol. The second-order valence-corrected chi connectivity index (χ2v) is 3.18. The Balaban J connectivity index is 0. The number of hydrogen-bond donors (Lipinski definition) is 1. The summed E-state index contributed by atoms with van der Waals surface area (Å²) in [4.78, 5) is 45.3. The number of rotatable bonds is 4. The molecule has 9 nitrogen and oxygen atoms in total. The van der Waals surface area contributed by atoms with E-state index in [-0.39, 0.29) is 12.8 Å². The van der Waals surface area contributed by atoms with Gasteiger partial charge in [0.25, 0.3) is 0 Å². The van der Waals surface area contributed by atoms with Crippen molar-refractivity contribution in [1.82, 2.24) is 0 Å². The average Bonchev–Trinajstić information content (AvgIpc) is 1.96. The maximum atomic E-state index is 9.86. The first kappa shape index (κ1) is 16.4. The van der Waals surface area contributed by atoms with Crippen molar-refractivity contribution in [3.8, 4) is 0 Å². The van der Waals surface area contributed by atoms with Crippen molar-refractivity contribution in [2.75, 3.05) is 0 Å². The fraction of sp³-hybridized carbons (Fsp3) is 0.600. The number of hydrogen-bond acceptors (Lipinski definition) is 9. The first-order chi connectivity index (χ1) is 6.54. The molecule has 15 heavy (non-hydrogen) atoms. The van der Waals surface area contributed by atoms with E-state index in [4.69, 9.17) is 25.0 Å². The SMILES string of the molecule is NC(CCC(=O)[O-])C(=O)[O-].O=P([O-])([O-])[O-]. The van der Waals surface area contributed by atoms with E-state index in [1.165, 1.54) is 0 Å². The number of aliphatic carboxylic acids is 2. The van der Waals surface area contributed by atoms with Crippen LogP contribution in [-0.4, -0.2) is 18.0 Å². The maximum absolute atomic E-state index is 9.86. The first-order valence-electron chi connectivity index (χ1n) is 3.43. The van der Waals surface area contributed by atoms with Crippen LogP contribution in [0.3, 0.4) is 0 Å². The molecule has 0 heterocycles. The molecule has 0 bridgehead atoms. The van der Waals surface area contributed by atoms with Gasteiger partial charge in [-0.1, -0.05) is 0 Å². The first-order valence-corrected chi connectivity index (χ1v) is 4.89. The fourth-order valence-electron chi connectivity index (χ4n) is 0.391. The third kappa shape index (κ3) is 24.6. The lowest BCUT2D eigenvalue weighted by Crippen LogP contribution is -2.42. The molecule has 0 saturated heterocycles. The predicted octanol–water partition coefficient (Wildman–Crippen LogP) is -6.23. The van der Waals surface area contributed by atoms with Gasteiger partial charge in [-0.3, -0.25) is 0 Å². The van der Waals surface area contributed by atoms with Gasteiger partial charge in [0.05, 0.1) is 5.97 Å². The van der Waals surface area contributed by atoms with Crippen LogP contribution in [0.25, 0.3) is 0 Å². The summed E-state index contributed by atoms with van der Waals surface area (Å²) >= 11 is 0. The lowest BCUT2D eigenvalue weighted by molar-refractivity contribution is -0.432. The van der Waals surface area contributed by atoms with E-state index in [2.05, 4.69) is 0 Å². The van der Waals surface area contributed by atoms with Gasteiger partial charge in [0.15, 0.2) is 0 Å². The van der Waals surface area contributed by atoms with Crippen molar-refractivity contribution >= 4 is 19.8 Å². The predicted molar refractivity (Wildman–Crippen MR) is 34.8 cm³/mol. The van der Waals surface area contributed by atoms with Gasteiger partial charge >= 0.3 is 0 Å². The Morgan fingerprint density at radius 3 is 1.73 bits per heavy atom.